The molecular formula is C33H48N4O9S. The first kappa shape index (κ1) is 36.6. The summed E-state index contributed by atoms with van der Waals surface area (Å²) >= 11 is 0. The van der Waals surface area contributed by atoms with Crippen molar-refractivity contribution in [2.24, 2.45) is 17.1 Å². The highest BCUT2D eigenvalue weighted by molar-refractivity contribution is 7.89. The fourth-order valence-corrected chi connectivity index (χ4v) is 7.67. The molecule has 47 heavy (non-hydrogen) atoms. The third-order valence-electron chi connectivity index (χ3n) is 8.70. The Hall–Kier alpha value is -3.27. The fourth-order valence-electron chi connectivity index (χ4n) is 6.02. The Labute approximate surface area is 277 Å². The molecule has 0 radical (unpaired) electrons. The number of aliphatic hydroxyl groups is 1. The Kier molecular flexibility index (Phi) is 12.3. The van der Waals surface area contributed by atoms with Crippen molar-refractivity contribution in [1.82, 2.24) is 14.9 Å². The molecule has 5 N–H and O–H groups in total. The molecule has 2 aliphatic heterocycles. The summed E-state index contributed by atoms with van der Waals surface area (Å²) in [7, 11) is -1.29. The second kappa shape index (κ2) is 15.8. The van der Waals surface area contributed by atoms with Crippen LogP contribution in [-0.2, 0) is 42.0 Å². The summed E-state index contributed by atoms with van der Waals surface area (Å²) < 4.78 is 52.4. The Bertz CT molecular complexity index is 1470. The lowest BCUT2D eigenvalue weighted by molar-refractivity contribution is -0.122. The van der Waals surface area contributed by atoms with E-state index in [0.29, 0.717) is 49.2 Å². The van der Waals surface area contributed by atoms with Gasteiger partial charge in [0.25, 0.3) is 0 Å². The fraction of sp³-hybridized carbons (Fsp3) is 0.576. The van der Waals surface area contributed by atoms with Crippen molar-refractivity contribution in [2.45, 2.75) is 88.6 Å². The number of amides is 2. The predicted octanol–water partition coefficient (Wildman–Crippen LogP) is 2.50. The van der Waals surface area contributed by atoms with Crippen LogP contribution in [-0.4, -0.2) is 87.9 Å². The minimum absolute atomic E-state index is 0.0435. The van der Waals surface area contributed by atoms with Gasteiger partial charge in [0.2, 0.25) is 15.9 Å². The molecule has 6 atom stereocenters. The zero-order valence-electron chi connectivity index (χ0n) is 27.7. The van der Waals surface area contributed by atoms with Crippen LogP contribution in [0, 0.1) is 11.3 Å². The van der Waals surface area contributed by atoms with Crippen LogP contribution in [0.2, 0.25) is 0 Å². The van der Waals surface area contributed by atoms with Gasteiger partial charge in [-0.15, -0.1) is 0 Å². The highest BCUT2D eigenvalue weighted by Gasteiger charge is 2.44. The molecular weight excluding hydrogens is 628 g/mol. The first-order valence-corrected chi connectivity index (χ1v) is 17.3. The molecule has 0 spiro atoms. The van der Waals surface area contributed by atoms with Crippen LogP contribution in [0.3, 0.4) is 0 Å². The minimum Gasteiger partial charge on any atom is -0.496 e. The van der Waals surface area contributed by atoms with Gasteiger partial charge in [0.1, 0.15) is 18.0 Å². The van der Waals surface area contributed by atoms with Crippen molar-refractivity contribution in [3.8, 4) is 5.75 Å². The number of nitrogens with two attached hydrogens (primary N) is 1. The zero-order chi connectivity index (χ0) is 34.4. The van der Waals surface area contributed by atoms with Crippen molar-refractivity contribution >= 4 is 22.0 Å². The Morgan fingerprint density at radius 1 is 1.17 bits per heavy atom. The number of aliphatic hydroxyl groups excluding tert-OH is 1. The summed E-state index contributed by atoms with van der Waals surface area (Å²) in [5.41, 5.74) is 6.94. The van der Waals surface area contributed by atoms with Gasteiger partial charge in [0.05, 0.1) is 43.3 Å². The zero-order valence-corrected chi connectivity index (χ0v) is 28.5. The van der Waals surface area contributed by atoms with E-state index in [9.17, 15) is 23.1 Å². The predicted molar refractivity (Wildman–Crippen MR) is 174 cm³/mol. The standard InChI is InChI=1S/C33H48N4O9S/c1-21(38)29(36-32(40)46-28-20-45-31-25(28)14-16-44-31)37(19-22-9-7-6-8-10-22)47(41,42)24-11-12-27(43-5)23(17-24)18-33(2,3)15-13-26(34)30(39)35-4/h6-12,17,21,25-26,28-29,31,38H,13-16,18-20,34H2,1-5H3,(H,35,39)(H,36,40)/t21-,25+,26?,28+,29+,31-/m1/s1. The summed E-state index contributed by atoms with van der Waals surface area (Å²) in [5.74, 6) is 0.142. The number of hydrogen-bond acceptors (Lipinski definition) is 10. The summed E-state index contributed by atoms with van der Waals surface area (Å²) in [6.45, 7) is 5.95. The van der Waals surface area contributed by atoms with Crippen molar-refractivity contribution in [1.29, 1.82) is 0 Å². The second-order valence-corrected chi connectivity index (χ2v) is 14.8. The molecule has 0 aromatic heterocycles. The number of rotatable bonds is 15. The van der Waals surface area contributed by atoms with Crippen LogP contribution < -0.4 is 21.1 Å². The molecule has 260 valence electrons. The second-order valence-electron chi connectivity index (χ2n) is 12.9. The summed E-state index contributed by atoms with van der Waals surface area (Å²) in [6, 6.07) is 12.8. The normalized spacial score (nSPS) is 21.5. The first-order chi connectivity index (χ1) is 22.3. The molecule has 2 saturated heterocycles. The van der Waals surface area contributed by atoms with Crippen LogP contribution in [0.1, 0.15) is 51.2 Å². The summed E-state index contributed by atoms with van der Waals surface area (Å²) in [6.07, 6.45) is -2.42. The highest BCUT2D eigenvalue weighted by Crippen LogP contribution is 2.35. The average Bonchev–Trinajstić information content (AvgIpc) is 3.66. The third-order valence-corrected chi connectivity index (χ3v) is 10.5. The average molecular weight is 677 g/mol. The molecule has 2 aliphatic rings. The minimum atomic E-state index is -4.34. The van der Waals surface area contributed by atoms with Gasteiger partial charge in [-0.1, -0.05) is 44.2 Å². The number of carbonyl (C=O) groups is 2. The first-order valence-electron chi connectivity index (χ1n) is 15.8. The number of nitrogens with one attached hydrogen (secondary N) is 2. The maximum atomic E-state index is 14.5. The number of nitrogens with zero attached hydrogens (tertiary/aromatic N) is 1. The van der Waals surface area contributed by atoms with Gasteiger partial charge in [-0.05, 0) is 67.3 Å². The number of benzene rings is 2. The van der Waals surface area contributed by atoms with Gasteiger partial charge in [-0.3, -0.25) is 4.79 Å². The molecule has 4 rings (SSSR count). The number of methoxy groups -OCH3 is 1. The molecule has 2 heterocycles. The Balaban J connectivity index is 1.62. The van der Waals surface area contributed by atoms with Crippen molar-refractivity contribution in [3.63, 3.8) is 0 Å². The van der Waals surface area contributed by atoms with E-state index in [4.69, 9.17) is 24.7 Å². The van der Waals surface area contributed by atoms with Crippen molar-refractivity contribution in [2.75, 3.05) is 27.4 Å². The smallest absolute Gasteiger partial charge is 0.408 e. The maximum Gasteiger partial charge on any atom is 0.408 e. The van der Waals surface area contributed by atoms with Gasteiger partial charge in [0, 0.05) is 13.6 Å². The molecule has 14 heteroatoms. The van der Waals surface area contributed by atoms with E-state index < -0.39 is 46.8 Å². The van der Waals surface area contributed by atoms with E-state index in [1.807, 2.05) is 19.9 Å². The Morgan fingerprint density at radius 2 is 1.89 bits per heavy atom. The number of sulfonamides is 1. The van der Waals surface area contributed by atoms with Crippen LogP contribution in [0.5, 0.6) is 5.75 Å². The van der Waals surface area contributed by atoms with Gasteiger partial charge < -0.3 is 40.4 Å². The lowest BCUT2D eigenvalue weighted by atomic mass is 9.80. The molecule has 2 amide bonds. The molecule has 2 aromatic carbocycles. The number of carbonyl (C=O) groups excluding carboxylic acids is 2. The highest BCUT2D eigenvalue weighted by atomic mass is 32.2. The topological polar surface area (TPSA) is 179 Å². The van der Waals surface area contributed by atoms with E-state index >= 15 is 0 Å². The van der Waals surface area contributed by atoms with E-state index in [1.54, 1.807) is 36.4 Å². The van der Waals surface area contributed by atoms with Crippen LogP contribution in [0.15, 0.2) is 53.4 Å². The van der Waals surface area contributed by atoms with Crippen molar-refractivity contribution in [3.05, 3.63) is 59.7 Å². The summed E-state index contributed by atoms with van der Waals surface area (Å²) in [5, 5.41) is 16.1. The van der Waals surface area contributed by atoms with Crippen LogP contribution in [0.25, 0.3) is 0 Å². The lowest BCUT2D eigenvalue weighted by Gasteiger charge is -2.34. The van der Waals surface area contributed by atoms with E-state index in [1.165, 1.54) is 27.1 Å². The summed E-state index contributed by atoms with van der Waals surface area (Å²) in [4.78, 5) is 25.1. The molecule has 0 aliphatic carbocycles. The van der Waals surface area contributed by atoms with E-state index in [-0.39, 0.29) is 35.3 Å². The van der Waals surface area contributed by atoms with Crippen LogP contribution in [0.4, 0.5) is 4.79 Å². The van der Waals surface area contributed by atoms with Crippen molar-refractivity contribution < 1.29 is 42.1 Å². The van der Waals surface area contributed by atoms with Crippen LogP contribution >= 0.6 is 0 Å². The molecule has 1 unspecified atom stereocenters. The van der Waals surface area contributed by atoms with Gasteiger partial charge in [-0.2, -0.15) is 4.31 Å². The number of ether oxygens (including phenoxy) is 4. The van der Waals surface area contributed by atoms with Gasteiger partial charge >= 0.3 is 6.09 Å². The molecule has 0 bridgehead atoms. The lowest BCUT2D eigenvalue weighted by Crippen LogP contribution is -2.56. The molecule has 0 saturated carbocycles. The number of fused-ring (bicyclic) bond motifs is 1. The number of likely N-dealkylation sites (N-methyl/N-ethyl adjacent to an activating group) is 1. The number of alkyl carbamates (subject to hydrolysis) is 1. The van der Waals surface area contributed by atoms with E-state index in [0.717, 1.165) is 4.31 Å². The SMILES string of the molecule is CNC(=O)C(N)CCC(C)(C)Cc1cc(S(=O)(=O)N(Cc2ccccc2)[C@H](NC(=O)O[C@H]2CO[C@H]3OCC[C@H]32)[C@@H](C)O)ccc1OC. The molecule has 2 aromatic rings. The quantitative estimate of drug-likeness (QED) is 0.205. The largest absolute Gasteiger partial charge is 0.496 e. The molecule has 13 nitrogen and oxygen atoms in total. The Morgan fingerprint density at radius 3 is 2.55 bits per heavy atom. The van der Waals surface area contributed by atoms with Gasteiger partial charge in [-0.25, -0.2) is 13.2 Å². The number of hydrogen-bond donors (Lipinski definition) is 4. The molecule has 2 fully saturated rings. The maximum absolute atomic E-state index is 14.5. The van der Waals surface area contributed by atoms with Gasteiger partial charge in [0.15, 0.2) is 6.29 Å². The third kappa shape index (κ3) is 9.21. The van der Waals surface area contributed by atoms with E-state index in [2.05, 4.69) is 10.6 Å². The monoisotopic (exact) mass is 676 g/mol.